The van der Waals surface area contributed by atoms with Crippen molar-refractivity contribution >= 4 is 39.8 Å². The highest BCUT2D eigenvalue weighted by Gasteiger charge is 2.41. The van der Waals surface area contributed by atoms with Crippen LogP contribution < -0.4 is 4.74 Å². The Morgan fingerprint density at radius 1 is 1.29 bits per heavy atom. The number of pyridine rings is 1. The number of unbranched alkanes of at least 4 members (excludes halogenated alkanes) is 1. The van der Waals surface area contributed by atoms with Crippen LogP contribution in [0.3, 0.4) is 0 Å². The summed E-state index contributed by atoms with van der Waals surface area (Å²) >= 11 is 8.17. The van der Waals surface area contributed by atoms with Crippen LogP contribution in [0.5, 0.6) is 5.75 Å². The van der Waals surface area contributed by atoms with Crippen LogP contribution in [0, 0.1) is 5.41 Å². The van der Waals surface area contributed by atoms with Crippen molar-refractivity contribution in [3.8, 4) is 5.75 Å². The van der Waals surface area contributed by atoms with Gasteiger partial charge in [0.1, 0.15) is 5.75 Å². The molecule has 1 fully saturated rings. The van der Waals surface area contributed by atoms with Gasteiger partial charge in [0.2, 0.25) is 0 Å². The van der Waals surface area contributed by atoms with Gasteiger partial charge in [-0.05, 0) is 105 Å². The molecule has 1 atom stereocenters. The number of carboxylic acids is 1. The number of fused-ring (bicyclic) bond motifs is 1. The number of thiophene rings is 1. The molecule has 0 spiro atoms. The predicted molar refractivity (Wildman–Crippen MR) is 140 cm³/mol. The number of carbonyl (C=O) groups is 1. The number of hydrogen-bond acceptors (Lipinski definition) is 6. The molecule has 188 valence electrons. The monoisotopic (exact) mass is 516 g/mol. The summed E-state index contributed by atoms with van der Waals surface area (Å²) < 4.78 is 5.33. The molecule has 0 saturated carbocycles. The second-order valence-electron chi connectivity index (χ2n) is 9.47. The minimum Gasteiger partial charge on any atom is -0.497 e. The fourth-order valence-corrected chi connectivity index (χ4v) is 6.05. The third-order valence-electron chi connectivity index (χ3n) is 7.33. The number of nitrogens with zero attached hydrogens (tertiary/aromatic N) is 2. The second-order valence-corrected chi connectivity index (χ2v) is 10.7. The summed E-state index contributed by atoms with van der Waals surface area (Å²) in [5.74, 6) is -0.117. The van der Waals surface area contributed by atoms with Gasteiger partial charge in [0, 0.05) is 17.1 Å². The number of carboxylic acid groups (broad SMARTS) is 1. The van der Waals surface area contributed by atoms with Gasteiger partial charge in [-0.3, -0.25) is 9.78 Å². The summed E-state index contributed by atoms with van der Waals surface area (Å²) in [6.07, 6.45) is 5.94. The van der Waals surface area contributed by atoms with Gasteiger partial charge in [0.25, 0.3) is 0 Å². The largest absolute Gasteiger partial charge is 0.497 e. The number of piperidine rings is 1. The maximum absolute atomic E-state index is 12.3. The molecule has 1 saturated heterocycles. The molecule has 4 rings (SSSR count). The van der Waals surface area contributed by atoms with E-state index in [-0.39, 0.29) is 0 Å². The summed E-state index contributed by atoms with van der Waals surface area (Å²) in [6, 6.07) is 7.64. The minimum absolute atomic E-state index is 0.322. The van der Waals surface area contributed by atoms with Crippen molar-refractivity contribution in [3.05, 3.63) is 57.4 Å². The van der Waals surface area contributed by atoms with Gasteiger partial charge < -0.3 is 19.8 Å². The summed E-state index contributed by atoms with van der Waals surface area (Å²) in [4.78, 5) is 19.1. The molecular weight excluding hydrogens is 484 g/mol. The highest BCUT2D eigenvalue weighted by molar-refractivity contribution is 7.07. The van der Waals surface area contributed by atoms with Crippen LogP contribution in [0.2, 0.25) is 5.02 Å². The van der Waals surface area contributed by atoms with Crippen LogP contribution in [-0.4, -0.2) is 52.8 Å². The highest BCUT2D eigenvalue weighted by Crippen LogP contribution is 2.41. The number of benzene rings is 1. The summed E-state index contributed by atoms with van der Waals surface area (Å²) in [5.41, 5.74) is 1.88. The van der Waals surface area contributed by atoms with Gasteiger partial charge in [-0.15, -0.1) is 0 Å². The third-order valence-corrected chi connectivity index (χ3v) is 8.37. The number of aliphatic hydroxyl groups is 1. The molecule has 2 aromatic heterocycles. The first-order valence-corrected chi connectivity index (χ1v) is 13.5. The summed E-state index contributed by atoms with van der Waals surface area (Å²) in [7, 11) is 1.59. The van der Waals surface area contributed by atoms with Crippen molar-refractivity contribution in [1.82, 2.24) is 9.88 Å². The molecule has 35 heavy (non-hydrogen) atoms. The van der Waals surface area contributed by atoms with Crippen LogP contribution in [0.1, 0.15) is 55.8 Å². The standard InChI is InChI=1S/C27H33ClN2O4S/c1-34-20-5-6-23-21(16-20)25(22(28)17-29-23)24(31)7-9-27(26(32)33)10-13-30(14-11-27)12-3-2-4-19-8-15-35-18-19/h5-6,8,15-18,24,31H,2-4,7,9-14H2,1H3,(H,32,33)/t24-/m1/s1. The molecule has 0 unspecified atom stereocenters. The summed E-state index contributed by atoms with van der Waals surface area (Å²) in [5, 5.41) is 26.7. The molecular formula is C27H33ClN2O4S. The first-order chi connectivity index (χ1) is 16.9. The van der Waals surface area contributed by atoms with E-state index in [1.165, 1.54) is 5.56 Å². The molecule has 1 aromatic carbocycles. The minimum atomic E-state index is -0.883. The maximum Gasteiger partial charge on any atom is 0.309 e. The van der Waals surface area contributed by atoms with Gasteiger partial charge in [-0.2, -0.15) is 11.3 Å². The molecule has 8 heteroatoms. The molecule has 0 amide bonds. The SMILES string of the molecule is COc1ccc2ncc(Cl)c([C@H](O)CCC3(C(=O)O)CCN(CCCCc4ccsc4)CC3)c2c1. The lowest BCUT2D eigenvalue weighted by atomic mass is 9.74. The number of halogens is 1. The smallest absolute Gasteiger partial charge is 0.309 e. The Morgan fingerprint density at radius 3 is 2.77 bits per heavy atom. The van der Waals surface area contributed by atoms with Crippen molar-refractivity contribution in [2.75, 3.05) is 26.7 Å². The van der Waals surface area contributed by atoms with Gasteiger partial charge in [0.05, 0.1) is 29.2 Å². The van der Waals surface area contributed by atoms with Gasteiger partial charge in [0.15, 0.2) is 0 Å². The van der Waals surface area contributed by atoms with Crippen LogP contribution in [0.15, 0.2) is 41.2 Å². The van der Waals surface area contributed by atoms with Crippen LogP contribution in [0.4, 0.5) is 0 Å². The maximum atomic E-state index is 12.3. The lowest BCUT2D eigenvalue weighted by Crippen LogP contribution is -2.44. The van der Waals surface area contributed by atoms with Gasteiger partial charge in [-0.25, -0.2) is 0 Å². The van der Waals surface area contributed by atoms with E-state index in [1.807, 2.05) is 18.2 Å². The lowest BCUT2D eigenvalue weighted by molar-refractivity contribution is -0.153. The van der Waals surface area contributed by atoms with Crippen LogP contribution >= 0.6 is 22.9 Å². The van der Waals surface area contributed by atoms with E-state index in [2.05, 4.69) is 26.7 Å². The second kappa shape index (κ2) is 11.7. The van der Waals surface area contributed by atoms with E-state index in [9.17, 15) is 15.0 Å². The Kier molecular flexibility index (Phi) is 8.65. The average molecular weight is 517 g/mol. The zero-order chi connectivity index (χ0) is 24.8. The number of likely N-dealkylation sites (tertiary alicyclic amines) is 1. The van der Waals surface area contributed by atoms with E-state index in [0.29, 0.717) is 47.5 Å². The van der Waals surface area contributed by atoms with Crippen molar-refractivity contribution < 1.29 is 19.7 Å². The molecule has 0 bridgehead atoms. The number of methoxy groups -OCH3 is 1. The number of hydrogen-bond donors (Lipinski definition) is 2. The quantitative estimate of drug-likeness (QED) is 0.306. The van der Waals surface area contributed by atoms with E-state index >= 15 is 0 Å². The van der Waals surface area contributed by atoms with Gasteiger partial charge >= 0.3 is 5.97 Å². The lowest BCUT2D eigenvalue weighted by Gasteiger charge is -2.39. The molecule has 0 radical (unpaired) electrons. The normalized spacial score (nSPS) is 16.9. The first-order valence-electron chi connectivity index (χ1n) is 12.2. The molecule has 3 heterocycles. The van der Waals surface area contributed by atoms with Crippen molar-refractivity contribution in [2.45, 2.75) is 51.0 Å². The Hall–Kier alpha value is -2.19. The molecule has 1 aliphatic rings. The van der Waals surface area contributed by atoms with Crippen LogP contribution in [-0.2, 0) is 11.2 Å². The highest BCUT2D eigenvalue weighted by atomic mass is 35.5. The number of aliphatic carboxylic acids is 1. The zero-order valence-electron chi connectivity index (χ0n) is 20.1. The number of rotatable bonds is 11. The molecule has 0 aliphatic carbocycles. The van der Waals surface area contributed by atoms with Crippen molar-refractivity contribution in [3.63, 3.8) is 0 Å². The predicted octanol–water partition coefficient (Wildman–Crippen LogP) is 5.96. The third kappa shape index (κ3) is 6.15. The topological polar surface area (TPSA) is 82.9 Å². The van der Waals surface area contributed by atoms with Crippen molar-refractivity contribution in [2.24, 2.45) is 5.41 Å². The van der Waals surface area contributed by atoms with E-state index < -0.39 is 17.5 Å². The molecule has 3 aromatic rings. The Balaban J connectivity index is 1.35. The van der Waals surface area contributed by atoms with E-state index in [4.69, 9.17) is 16.3 Å². The van der Waals surface area contributed by atoms with E-state index in [0.717, 1.165) is 44.3 Å². The van der Waals surface area contributed by atoms with Crippen LogP contribution in [0.25, 0.3) is 10.9 Å². The number of aromatic nitrogens is 1. The fourth-order valence-electron chi connectivity index (χ4n) is 5.07. The molecule has 2 N–H and O–H groups in total. The zero-order valence-corrected chi connectivity index (χ0v) is 21.7. The number of aliphatic hydroxyl groups excluding tert-OH is 1. The fraction of sp³-hybridized carbons (Fsp3) is 0.481. The Morgan fingerprint density at radius 2 is 2.09 bits per heavy atom. The summed E-state index contributed by atoms with van der Waals surface area (Å²) in [6.45, 7) is 2.55. The Bertz CT molecular complexity index is 1130. The van der Waals surface area contributed by atoms with Gasteiger partial charge in [-0.1, -0.05) is 11.6 Å². The van der Waals surface area contributed by atoms with E-state index in [1.54, 1.807) is 24.6 Å². The Labute approximate surface area is 215 Å². The van der Waals surface area contributed by atoms with Crippen molar-refractivity contribution in [1.29, 1.82) is 0 Å². The average Bonchev–Trinajstić information content (AvgIpc) is 3.39. The molecule has 6 nitrogen and oxygen atoms in total. The number of aryl methyl sites for hydroxylation is 1. The number of ether oxygens (including phenoxy) is 1. The molecule has 1 aliphatic heterocycles. The first kappa shape index (κ1) is 25.9.